The molecule has 1 aromatic heterocycles. The molecule has 0 aliphatic rings. The molecule has 0 unspecified atom stereocenters. The van der Waals surface area contributed by atoms with Gasteiger partial charge in [-0.3, -0.25) is 9.89 Å². The van der Waals surface area contributed by atoms with Crippen molar-refractivity contribution in [3.63, 3.8) is 0 Å². The standard InChI is InChI=1S/C14H25N3O/c1-13(2,3)12(18)11(16-14(4,5)6)9-10-7-8-15-17-10/h7-8,11,16H,9H2,1-6H3,(H,15,17)/t11-/m0/s1. The molecular weight excluding hydrogens is 226 g/mol. The van der Waals surface area contributed by atoms with E-state index >= 15 is 0 Å². The molecule has 0 aliphatic carbocycles. The van der Waals surface area contributed by atoms with Crippen molar-refractivity contribution < 1.29 is 4.79 Å². The van der Waals surface area contributed by atoms with E-state index in [-0.39, 0.29) is 22.8 Å². The normalized spacial score (nSPS) is 14.6. The summed E-state index contributed by atoms with van der Waals surface area (Å²) in [6, 6.07) is 1.72. The molecule has 0 aromatic carbocycles. The quantitative estimate of drug-likeness (QED) is 0.863. The number of aromatic amines is 1. The second-order valence-corrected chi connectivity index (χ2v) is 6.85. The number of nitrogens with one attached hydrogen (secondary N) is 2. The Morgan fingerprint density at radius 2 is 1.94 bits per heavy atom. The van der Waals surface area contributed by atoms with Gasteiger partial charge in [0.1, 0.15) is 0 Å². The molecule has 0 spiro atoms. The number of rotatable bonds is 4. The molecule has 0 bridgehead atoms. The second-order valence-electron chi connectivity index (χ2n) is 6.85. The van der Waals surface area contributed by atoms with Gasteiger partial charge in [0.2, 0.25) is 0 Å². The van der Waals surface area contributed by atoms with E-state index in [1.807, 2.05) is 26.8 Å². The topological polar surface area (TPSA) is 57.8 Å². The van der Waals surface area contributed by atoms with Crippen molar-refractivity contribution in [1.82, 2.24) is 15.5 Å². The van der Waals surface area contributed by atoms with Crippen LogP contribution in [0, 0.1) is 5.41 Å². The summed E-state index contributed by atoms with van der Waals surface area (Å²) in [7, 11) is 0. The van der Waals surface area contributed by atoms with Crippen molar-refractivity contribution in [2.45, 2.75) is 59.5 Å². The Labute approximate surface area is 110 Å². The average Bonchev–Trinajstić information content (AvgIpc) is 2.64. The number of Topliss-reactive ketones (excluding diaryl/α,β-unsaturated/α-hetero) is 1. The van der Waals surface area contributed by atoms with E-state index in [4.69, 9.17) is 0 Å². The van der Waals surface area contributed by atoms with Gasteiger partial charge in [0.15, 0.2) is 5.78 Å². The minimum absolute atomic E-state index is 0.0917. The van der Waals surface area contributed by atoms with E-state index in [1.54, 1.807) is 6.20 Å². The lowest BCUT2D eigenvalue weighted by molar-refractivity contribution is -0.128. The molecule has 102 valence electrons. The molecule has 0 saturated heterocycles. The summed E-state index contributed by atoms with van der Waals surface area (Å²) in [5, 5.41) is 10.3. The lowest BCUT2D eigenvalue weighted by Crippen LogP contribution is -2.51. The summed E-state index contributed by atoms with van der Waals surface area (Å²) in [6.45, 7) is 12.1. The highest BCUT2D eigenvalue weighted by Gasteiger charge is 2.32. The number of hydrogen-bond acceptors (Lipinski definition) is 3. The summed E-state index contributed by atoms with van der Waals surface area (Å²) < 4.78 is 0. The maximum absolute atomic E-state index is 12.5. The van der Waals surface area contributed by atoms with Crippen LogP contribution >= 0.6 is 0 Å². The molecule has 1 heterocycles. The van der Waals surface area contributed by atoms with Crippen molar-refractivity contribution in [2.24, 2.45) is 5.41 Å². The monoisotopic (exact) mass is 251 g/mol. The van der Waals surface area contributed by atoms with Crippen molar-refractivity contribution in [3.05, 3.63) is 18.0 Å². The van der Waals surface area contributed by atoms with Crippen LogP contribution in [-0.2, 0) is 11.2 Å². The molecule has 2 N–H and O–H groups in total. The minimum atomic E-state index is -0.344. The number of aromatic nitrogens is 2. The van der Waals surface area contributed by atoms with Crippen LogP contribution in [0.15, 0.2) is 12.3 Å². The van der Waals surface area contributed by atoms with Crippen LogP contribution in [0.4, 0.5) is 0 Å². The lowest BCUT2D eigenvalue weighted by Gasteiger charge is -2.31. The van der Waals surface area contributed by atoms with Crippen molar-refractivity contribution in [3.8, 4) is 0 Å². The third-order valence-electron chi connectivity index (χ3n) is 2.65. The van der Waals surface area contributed by atoms with Crippen LogP contribution < -0.4 is 5.32 Å². The van der Waals surface area contributed by atoms with Gasteiger partial charge < -0.3 is 5.32 Å². The Morgan fingerprint density at radius 3 is 2.33 bits per heavy atom. The lowest BCUT2D eigenvalue weighted by atomic mass is 9.84. The maximum Gasteiger partial charge on any atom is 0.155 e. The third kappa shape index (κ3) is 4.61. The zero-order valence-corrected chi connectivity index (χ0v) is 12.3. The van der Waals surface area contributed by atoms with E-state index in [9.17, 15) is 4.79 Å². The van der Waals surface area contributed by atoms with Gasteiger partial charge in [-0.25, -0.2) is 0 Å². The number of carbonyl (C=O) groups is 1. The van der Waals surface area contributed by atoms with Crippen LogP contribution in [0.1, 0.15) is 47.2 Å². The van der Waals surface area contributed by atoms with Crippen LogP contribution in [0.25, 0.3) is 0 Å². The predicted octanol–water partition coefficient (Wildman–Crippen LogP) is 2.32. The predicted molar refractivity (Wildman–Crippen MR) is 73.4 cm³/mol. The Kier molecular flexibility index (Phi) is 4.32. The molecule has 4 heteroatoms. The molecule has 1 atom stereocenters. The van der Waals surface area contributed by atoms with Gasteiger partial charge in [0, 0.05) is 29.3 Å². The first-order valence-electron chi connectivity index (χ1n) is 6.40. The van der Waals surface area contributed by atoms with Gasteiger partial charge in [-0.15, -0.1) is 0 Å². The van der Waals surface area contributed by atoms with E-state index in [0.29, 0.717) is 6.42 Å². The second kappa shape index (κ2) is 5.22. The van der Waals surface area contributed by atoms with Crippen LogP contribution in [0.3, 0.4) is 0 Å². The van der Waals surface area contributed by atoms with Crippen molar-refractivity contribution in [2.75, 3.05) is 0 Å². The van der Waals surface area contributed by atoms with Gasteiger partial charge in [-0.05, 0) is 26.8 Å². The first-order chi connectivity index (χ1) is 8.09. The molecule has 1 aromatic rings. The molecule has 0 fully saturated rings. The van der Waals surface area contributed by atoms with Crippen LogP contribution in [-0.4, -0.2) is 27.6 Å². The molecule has 0 saturated carbocycles. The highest BCUT2D eigenvalue weighted by Crippen LogP contribution is 2.20. The Bertz CT molecular complexity index is 382. The Hall–Kier alpha value is -1.16. The van der Waals surface area contributed by atoms with E-state index in [0.717, 1.165) is 5.69 Å². The summed E-state index contributed by atoms with van der Waals surface area (Å²) in [4.78, 5) is 12.5. The molecule has 0 amide bonds. The fraction of sp³-hybridized carbons (Fsp3) is 0.714. The molecule has 1 rings (SSSR count). The summed E-state index contributed by atoms with van der Waals surface area (Å²) in [5.74, 6) is 0.229. The van der Waals surface area contributed by atoms with Gasteiger partial charge in [-0.1, -0.05) is 20.8 Å². The SMILES string of the molecule is CC(C)(C)N[C@@H](Cc1ccn[nH]1)C(=O)C(C)(C)C. The largest absolute Gasteiger partial charge is 0.302 e. The fourth-order valence-corrected chi connectivity index (χ4v) is 1.87. The Morgan fingerprint density at radius 1 is 1.33 bits per heavy atom. The fourth-order valence-electron chi connectivity index (χ4n) is 1.87. The summed E-state index contributed by atoms with van der Waals surface area (Å²) >= 11 is 0. The molecule has 0 radical (unpaired) electrons. The van der Waals surface area contributed by atoms with E-state index in [2.05, 4.69) is 36.3 Å². The van der Waals surface area contributed by atoms with Crippen molar-refractivity contribution >= 4 is 5.78 Å². The van der Waals surface area contributed by atoms with Gasteiger partial charge in [0.25, 0.3) is 0 Å². The third-order valence-corrected chi connectivity index (χ3v) is 2.65. The smallest absolute Gasteiger partial charge is 0.155 e. The first kappa shape index (κ1) is 14.9. The molecular formula is C14H25N3O. The van der Waals surface area contributed by atoms with Gasteiger partial charge >= 0.3 is 0 Å². The highest BCUT2D eigenvalue weighted by atomic mass is 16.1. The number of nitrogens with zero attached hydrogens (tertiary/aromatic N) is 1. The maximum atomic E-state index is 12.5. The number of H-pyrrole nitrogens is 1. The average molecular weight is 251 g/mol. The van der Waals surface area contributed by atoms with E-state index < -0.39 is 0 Å². The number of carbonyl (C=O) groups excluding carboxylic acids is 1. The summed E-state index contributed by atoms with van der Waals surface area (Å²) in [5.41, 5.74) is 0.545. The highest BCUT2D eigenvalue weighted by molar-refractivity contribution is 5.89. The van der Waals surface area contributed by atoms with E-state index in [1.165, 1.54) is 0 Å². The molecule has 18 heavy (non-hydrogen) atoms. The molecule has 4 nitrogen and oxygen atoms in total. The Balaban J connectivity index is 2.85. The summed E-state index contributed by atoms with van der Waals surface area (Å²) in [6.07, 6.45) is 2.36. The van der Waals surface area contributed by atoms with Crippen LogP contribution in [0.2, 0.25) is 0 Å². The zero-order chi connectivity index (χ0) is 14.0. The zero-order valence-electron chi connectivity index (χ0n) is 12.3. The first-order valence-corrected chi connectivity index (χ1v) is 6.40. The molecule has 0 aliphatic heterocycles. The minimum Gasteiger partial charge on any atom is -0.302 e. The van der Waals surface area contributed by atoms with Gasteiger partial charge in [-0.2, -0.15) is 5.10 Å². The van der Waals surface area contributed by atoms with Gasteiger partial charge in [0.05, 0.1) is 6.04 Å². The number of hydrogen-bond donors (Lipinski definition) is 2. The van der Waals surface area contributed by atoms with Crippen LogP contribution in [0.5, 0.6) is 0 Å². The number of ketones is 1. The van der Waals surface area contributed by atoms with Crippen molar-refractivity contribution in [1.29, 1.82) is 0 Å².